The molecule has 0 saturated carbocycles. The van der Waals surface area contributed by atoms with Gasteiger partial charge in [0.15, 0.2) is 0 Å². The van der Waals surface area contributed by atoms with Gasteiger partial charge in [0.05, 0.1) is 6.61 Å². The van der Waals surface area contributed by atoms with Gasteiger partial charge in [-0.1, -0.05) is 26.2 Å². The first-order valence-electron chi connectivity index (χ1n) is 5.13. The zero-order valence-electron chi connectivity index (χ0n) is 8.74. The SMILES string of the molecule is CC(CCCCCCO)COC(=O)O. The molecule has 0 heterocycles. The van der Waals surface area contributed by atoms with Crippen molar-refractivity contribution in [1.82, 2.24) is 0 Å². The molecule has 0 aliphatic rings. The van der Waals surface area contributed by atoms with Gasteiger partial charge in [0.2, 0.25) is 0 Å². The Labute approximate surface area is 84.9 Å². The largest absolute Gasteiger partial charge is 0.505 e. The van der Waals surface area contributed by atoms with Crippen LogP contribution in [-0.2, 0) is 4.74 Å². The fourth-order valence-corrected chi connectivity index (χ4v) is 1.26. The summed E-state index contributed by atoms with van der Waals surface area (Å²) in [7, 11) is 0. The summed E-state index contributed by atoms with van der Waals surface area (Å²) in [6.07, 6.45) is 3.86. The van der Waals surface area contributed by atoms with Crippen molar-refractivity contribution in [2.45, 2.75) is 39.0 Å². The molecule has 0 aromatic heterocycles. The molecule has 0 aromatic carbocycles. The van der Waals surface area contributed by atoms with E-state index in [2.05, 4.69) is 4.74 Å². The first kappa shape index (κ1) is 13.2. The molecule has 0 amide bonds. The zero-order chi connectivity index (χ0) is 10.8. The van der Waals surface area contributed by atoms with E-state index in [1.54, 1.807) is 0 Å². The van der Waals surface area contributed by atoms with E-state index in [1.807, 2.05) is 6.92 Å². The zero-order valence-corrected chi connectivity index (χ0v) is 8.74. The van der Waals surface area contributed by atoms with Crippen molar-refractivity contribution in [3.8, 4) is 0 Å². The maximum Gasteiger partial charge on any atom is 0.505 e. The maximum atomic E-state index is 10.1. The van der Waals surface area contributed by atoms with Crippen LogP contribution in [0.5, 0.6) is 0 Å². The predicted octanol–water partition coefficient (Wildman–Crippen LogP) is 2.26. The van der Waals surface area contributed by atoms with Gasteiger partial charge in [-0.05, 0) is 18.8 Å². The minimum atomic E-state index is -1.20. The fraction of sp³-hybridized carbons (Fsp3) is 0.900. The van der Waals surface area contributed by atoms with Crippen molar-refractivity contribution in [1.29, 1.82) is 0 Å². The molecule has 1 atom stereocenters. The van der Waals surface area contributed by atoms with E-state index in [0.717, 1.165) is 32.1 Å². The molecule has 4 heteroatoms. The van der Waals surface area contributed by atoms with Crippen LogP contribution in [0.25, 0.3) is 0 Å². The van der Waals surface area contributed by atoms with Crippen molar-refractivity contribution in [3.63, 3.8) is 0 Å². The van der Waals surface area contributed by atoms with Gasteiger partial charge in [0.25, 0.3) is 0 Å². The molecule has 14 heavy (non-hydrogen) atoms. The van der Waals surface area contributed by atoms with Gasteiger partial charge in [-0.3, -0.25) is 0 Å². The number of ether oxygens (including phenoxy) is 1. The second-order valence-electron chi connectivity index (χ2n) is 3.61. The highest BCUT2D eigenvalue weighted by molar-refractivity contribution is 5.56. The van der Waals surface area contributed by atoms with Crippen molar-refractivity contribution < 1.29 is 19.7 Å². The van der Waals surface area contributed by atoms with Crippen LogP contribution in [0.15, 0.2) is 0 Å². The highest BCUT2D eigenvalue weighted by atomic mass is 16.7. The number of rotatable bonds is 8. The minimum absolute atomic E-state index is 0.262. The Bertz CT molecular complexity index is 147. The molecule has 0 rings (SSSR count). The Morgan fingerprint density at radius 2 is 1.93 bits per heavy atom. The van der Waals surface area contributed by atoms with Crippen LogP contribution >= 0.6 is 0 Å². The molecule has 4 nitrogen and oxygen atoms in total. The number of hydrogen-bond donors (Lipinski definition) is 2. The van der Waals surface area contributed by atoms with Gasteiger partial charge in [-0.25, -0.2) is 4.79 Å². The van der Waals surface area contributed by atoms with E-state index in [1.165, 1.54) is 0 Å². The monoisotopic (exact) mass is 204 g/mol. The maximum absolute atomic E-state index is 10.1. The van der Waals surface area contributed by atoms with E-state index >= 15 is 0 Å². The summed E-state index contributed by atoms with van der Waals surface area (Å²) < 4.78 is 4.46. The Kier molecular flexibility index (Phi) is 8.33. The lowest BCUT2D eigenvalue weighted by Gasteiger charge is -2.09. The van der Waals surface area contributed by atoms with Gasteiger partial charge in [0, 0.05) is 6.61 Å². The molecule has 0 aliphatic carbocycles. The van der Waals surface area contributed by atoms with Crippen LogP contribution in [0.1, 0.15) is 39.0 Å². The predicted molar refractivity (Wildman–Crippen MR) is 53.3 cm³/mol. The number of carbonyl (C=O) groups is 1. The molecule has 0 aromatic rings. The van der Waals surface area contributed by atoms with Crippen LogP contribution in [0.2, 0.25) is 0 Å². The van der Waals surface area contributed by atoms with Gasteiger partial charge in [-0.15, -0.1) is 0 Å². The van der Waals surface area contributed by atoms with Crippen molar-refractivity contribution in [2.24, 2.45) is 5.92 Å². The third-order valence-electron chi connectivity index (χ3n) is 2.10. The van der Waals surface area contributed by atoms with Crippen LogP contribution in [0.4, 0.5) is 4.79 Å². The second-order valence-corrected chi connectivity index (χ2v) is 3.61. The molecule has 1 unspecified atom stereocenters. The number of unbranched alkanes of at least 4 members (excludes halogenated alkanes) is 3. The normalized spacial score (nSPS) is 12.4. The third kappa shape index (κ3) is 9.32. The molecule has 84 valence electrons. The van der Waals surface area contributed by atoms with E-state index in [-0.39, 0.29) is 13.2 Å². The molecule has 0 aliphatic heterocycles. The molecule has 0 radical (unpaired) electrons. The highest BCUT2D eigenvalue weighted by Gasteiger charge is 2.04. The fourth-order valence-electron chi connectivity index (χ4n) is 1.26. The topological polar surface area (TPSA) is 66.8 Å². The molecule has 0 fully saturated rings. The first-order chi connectivity index (χ1) is 6.66. The number of hydrogen-bond acceptors (Lipinski definition) is 3. The lowest BCUT2D eigenvalue weighted by Crippen LogP contribution is -2.09. The van der Waals surface area contributed by atoms with Gasteiger partial charge >= 0.3 is 6.16 Å². The Balaban J connectivity index is 3.18. The average Bonchev–Trinajstić information content (AvgIpc) is 2.14. The van der Waals surface area contributed by atoms with Gasteiger partial charge < -0.3 is 14.9 Å². The summed E-state index contributed by atoms with van der Waals surface area (Å²) in [5, 5.41) is 16.8. The number of aliphatic hydroxyl groups is 1. The number of aliphatic hydroxyl groups excluding tert-OH is 1. The molecule has 0 bridgehead atoms. The standard InChI is InChI=1S/C10H20O4/c1-9(8-14-10(12)13)6-4-2-3-5-7-11/h9,11H,2-8H2,1H3,(H,12,13). The summed E-state index contributed by atoms with van der Waals surface area (Å²) in [5.41, 5.74) is 0. The van der Waals surface area contributed by atoms with Gasteiger partial charge in [-0.2, -0.15) is 0 Å². The summed E-state index contributed by atoms with van der Waals surface area (Å²) in [6, 6.07) is 0. The van der Waals surface area contributed by atoms with Crippen LogP contribution in [0, 0.1) is 5.92 Å². The van der Waals surface area contributed by atoms with Crippen LogP contribution in [0.3, 0.4) is 0 Å². The first-order valence-corrected chi connectivity index (χ1v) is 5.13. The lowest BCUT2D eigenvalue weighted by molar-refractivity contribution is 0.0776. The quantitative estimate of drug-likeness (QED) is 0.470. The molecule has 2 N–H and O–H groups in total. The third-order valence-corrected chi connectivity index (χ3v) is 2.10. The van der Waals surface area contributed by atoms with Crippen molar-refractivity contribution >= 4 is 6.16 Å². The summed E-state index contributed by atoms with van der Waals surface area (Å²) in [5.74, 6) is 0.292. The molecule has 0 saturated heterocycles. The number of carboxylic acid groups (broad SMARTS) is 1. The molecular formula is C10H20O4. The van der Waals surface area contributed by atoms with Crippen molar-refractivity contribution in [3.05, 3.63) is 0 Å². The summed E-state index contributed by atoms with van der Waals surface area (Å²) in [4.78, 5) is 10.1. The lowest BCUT2D eigenvalue weighted by atomic mass is 10.0. The Morgan fingerprint density at radius 1 is 1.29 bits per heavy atom. The molecule has 0 spiro atoms. The van der Waals surface area contributed by atoms with E-state index < -0.39 is 6.16 Å². The Hall–Kier alpha value is -0.770. The van der Waals surface area contributed by atoms with E-state index in [4.69, 9.17) is 10.2 Å². The van der Waals surface area contributed by atoms with Crippen LogP contribution in [-0.4, -0.2) is 29.6 Å². The van der Waals surface area contributed by atoms with Crippen molar-refractivity contribution in [2.75, 3.05) is 13.2 Å². The summed E-state index contributed by atoms with van der Waals surface area (Å²) >= 11 is 0. The second kappa shape index (κ2) is 8.81. The van der Waals surface area contributed by atoms with Gasteiger partial charge in [0.1, 0.15) is 0 Å². The highest BCUT2D eigenvalue weighted by Crippen LogP contribution is 2.10. The van der Waals surface area contributed by atoms with Crippen LogP contribution < -0.4 is 0 Å². The average molecular weight is 204 g/mol. The smallest absolute Gasteiger partial charge is 0.450 e. The Morgan fingerprint density at radius 3 is 2.50 bits per heavy atom. The summed E-state index contributed by atoms with van der Waals surface area (Å²) in [6.45, 7) is 2.53. The minimum Gasteiger partial charge on any atom is -0.450 e. The van der Waals surface area contributed by atoms with E-state index in [0.29, 0.717) is 5.92 Å². The molecular weight excluding hydrogens is 184 g/mol. The van der Waals surface area contributed by atoms with E-state index in [9.17, 15) is 4.79 Å².